The first-order valence-corrected chi connectivity index (χ1v) is 11.6. The fraction of sp³-hybridized carbons (Fsp3) is 0.296. The molecule has 1 aliphatic carbocycles. The summed E-state index contributed by atoms with van der Waals surface area (Å²) in [5.41, 5.74) is 6.99. The van der Waals surface area contributed by atoms with Crippen molar-refractivity contribution in [2.75, 3.05) is 0 Å². The summed E-state index contributed by atoms with van der Waals surface area (Å²) in [5, 5.41) is 14.8. The van der Waals surface area contributed by atoms with E-state index < -0.39 is 5.97 Å². The molecule has 6 heteroatoms. The van der Waals surface area contributed by atoms with Gasteiger partial charge in [-0.15, -0.1) is 0 Å². The molecule has 4 aromatic rings. The second-order valence-electron chi connectivity index (χ2n) is 9.12. The van der Waals surface area contributed by atoms with Gasteiger partial charge in [0, 0.05) is 22.0 Å². The number of benzene rings is 2. The monoisotopic (exact) mass is 439 g/mol. The number of rotatable bonds is 3. The molecule has 3 heterocycles. The summed E-state index contributed by atoms with van der Waals surface area (Å²) in [5.74, 6) is 0.653. The van der Waals surface area contributed by atoms with E-state index in [4.69, 9.17) is 4.52 Å². The van der Waals surface area contributed by atoms with Crippen LogP contribution in [0.25, 0.3) is 33.8 Å². The molecule has 1 N–H and O–H groups in total. The van der Waals surface area contributed by atoms with E-state index in [1.165, 1.54) is 30.5 Å². The van der Waals surface area contributed by atoms with Crippen LogP contribution in [0.5, 0.6) is 0 Å². The standard InChI is InChI=1S/C27H25N3O3/c1-16-28-26(33-29-16)20-13-18-9-5-6-10-21(18)25-24(17-7-3-2-4-8-17)22-12-11-19(27(31)32)14-23(22)30(25)15-20/h5-6,9-14,17H,2-4,7-8,15H2,1H3,(H,31,32). The molecule has 1 fully saturated rings. The van der Waals surface area contributed by atoms with Crippen molar-refractivity contribution < 1.29 is 14.4 Å². The van der Waals surface area contributed by atoms with Crippen molar-refractivity contribution in [2.45, 2.75) is 51.5 Å². The topological polar surface area (TPSA) is 81.1 Å². The van der Waals surface area contributed by atoms with Crippen LogP contribution in [0.1, 0.15) is 71.2 Å². The first-order chi connectivity index (χ1) is 16.1. The predicted octanol–water partition coefficient (Wildman–Crippen LogP) is 6.30. The number of hydrogen-bond acceptors (Lipinski definition) is 4. The van der Waals surface area contributed by atoms with Gasteiger partial charge in [0.15, 0.2) is 5.82 Å². The molecule has 0 unspecified atom stereocenters. The third-order valence-electron chi connectivity index (χ3n) is 7.04. The van der Waals surface area contributed by atoms with Crippen molar-refractivity contribution in [3.63, 3.8) is 0 Å². The zero-order valence-corrected chi connectivity index (χ0v) is 18.5. The summed E-state index contributed by atoms with van der Waals surface area (Å²) in [6, 6.07) is 14.0. The van der Waals surface area contributed by atoms with Gasteiger partial charge in [0.2, 0.25) is 0 Å². The minimum absolute atomic E-state index is 0.301. The van der Waals surface area contributed by atoms with Crippen LogP contribution in [0.3, 0.4) is 0 Å². The summed E-state index contributed by atoms with van der Waals surface area (Å²) in [4.78, 5) is 16.3. The second kappa shape index (κ2) is 7.73. The average Bonchev–Trinajstić information content (AvgIpc) is 3.35. The van der Waals surface area contributed by atoms with E-state index in [0.717, 1.165) is 40.4 Å². The van der Waals surface area contributed by atoms with Crippen LogP contribution in [-0.4, -0.2) is 25.8 Å². The van der Waals surface area contributed by atoms with Crippen LogP contribution in [0.4, 0.5) is 0 Å². The lowest BCUT2D eigenvalue weighted by molar-refractivity contribution is 0.0697. The number of aromatic carboxylic acids is 1. The van der Waals surface area contributed by atoms with Gasteiger partial charge in [-0.3, -0.25) is 0 Å². The molecular formula is C27H25N3O3. The molecule has 0 amide bonds. The Morgan fingerprint density at radius 2 is 1.94 bits per heavy atom. The first kappa shape index (κ1) is 20.0. The molecule has 6 nitrogen and oxygen atoms in total. The number of allylic oxidation sites excluding steroid dienone is 1. The Morgan fingerprint density at radius 3 is 2.70 bits per heavy atom. The summed E-state index contributed by atoms with van der Waals surface area (Å²) >= 11 is 0. The maximum Gasteiger partial charge on any atom is 0.335 e. The molecule has 2 aliphatic rings. The van der Waals surface area contributed by atoms with Gasteiger partial charge in [0.05, 0.1) is 17.8 Å². The van der Waals surface area contributed by atoms with Crippen LogP contribution < -0.4 is 0 Å². The smallest absolute Gasteiger partial charge is 0.335 e. The summed E-state index contributed by atoms with van der Waals surface area (Å²) in [6.07, 6.45) is 8.21. The highest BCUT2D eigenvalue weighted by Gasteiger charge is 2.30. The molecule has 1 aliphatic heterocycles. The quantitative estimate of drug-likeness (QED) is 0.405. The lowest BCUT2D eigenvalue weighted by Crippen LogP contribution is -2.07. The molecule has 2 aromatic heterocycles. The van der Waals surface area contributed by atoms with Crippen LogP contribution in [0.15, 0.2) is 47.0 Å². The van der Waals surface area contributed by atoms with Crippen molar-refractivity contribution in [2.24, 2.45) is 0 Å². The molecule has 0 radical (unpaired) electrons. The highest BCUT2D eigenvalue weighted by Crippen LogP contribution is 2.47. The van der Waals surface area contributed by atoms with Crippen LogP contribution in [0.2, 0.25) is 0 Å². The fourth-order valence-electron chi connectivity index (χ4n) is 5.57. The normalized spacial score (nSPS) is 16.2. The van der Waals surface area contributed by atoms with Crippen molar-refractivity contribution in [3.05, 3.63) is 70.9 Å². The Bertz CT molecular complexity index is 1420. The van der Waals surface area contributed by atoms with E-state index in [1.807, 2.05) is 25.1 Å². The number of aromatic nitrogens is 3. The Morgan fingerprint density at radius 1 is 1.12 bits per heavy atom. The van der Waals surface area contributed by atoms with Gasteiger partial charge in [-0.25, -0.2) is 4.79 Å². The van der Waals surface area contributed by atoms with E-state index in [0.29, 0.717) is 29.7 Å². The second-order valence-corrected chi connectivity index (χ2v) is 9.12. The Kier molecular flexibility index (Phi) is 4.68. The van der Waals surface area contributed by atoms with E-state index in [9.17, 15) is 9.90 Å². The number of carbonyl (C=O) groups is 1. The summed E-state index contributed by atoms with van der Waals surface area (Å²) < 4.78 is 7.82. The Hall–Kier alpha value is -3.67. The average molecular weight is 440 g/mol. The van der Waals surface area contributed by atoms with E-state index in [-0.39, 0.29) is 0 Å². The van der Waals surface area contributed by atoms with Gasteiger partial charge in [-0.05, 0) is 55.0 Å². The number of nitrogens with zero attached hydrogens (tertiary/aromatic N) is 3. The van der Waals surface area contributed by atoms with Crippen molar-refractivity contribution in [1.29, 1.82) is 0 Å². The highest BCUT2D eigenvalue weighted by atomic mass is 16.5. The molecule has 0 bridgehead atoms. The first-order valence-electron chi connectivity index (χ1n) is 11.6. The minimum Gasteiger partial charge on any atom is -0.478 e. The zero-order valence-electron chi connectivity index (χ0n) is 18.5. The fourth-order valence-corrected chi connectivity index (χ4v) is 5.57. The van der Waals surface area contributed by atoms with Gasteiger partial charge in [-0.2, -0.15) is 4.98 Å². The van der Waals surface area contributed by atoms with Crippen LogP contribution in [0, 0.1) is 6.92 Å². The van der Waals surface area contributed by atoms with E-state index in [2.05, 4.69) is 39.0 Å². The minimum atomic E-state index is -0.913. The molecule has 0 atom stereocenters. The molecule has 166 valence electrons. The van der Waals surface area contributed by atoms with E-state index >= 15 is 0 Å². The lowest BCUT2D eigenvalue weighted by Gasteiger charge is -2.24. The third-order valence-corrected chi connectivity index (χ3v) is 7.04. The SMILES string of the molecule is Cc1noc(C2=Cc3ccccc3-c3c(C4CCCCC4)c4ccc(C(=O)O)cc4n3C2)n1. The largest absolute Gasteiger partial charge is 0.478 e. The molecule has 1 saturated carbocycles. The zero-order chi connectivity index (χ0) is 22.5. The van der Waals surface area contributed by atoms with Crippen molar-refractivity contribution in [1.82, 2.24) is 14.7 Å². The number of carboxylic acid groups (broad SMARTS) is 1. The predicted molar refractivity (Wildman–Crippen MR) is 127 cm³/mol. The molecule has 2 aromatic carbocycles. The number of carboxylic acids is 1. The highest BCUT2D eigenvalue weighted by molar-refractivity contribution is 6.00. The van der Waals surface area contributed by atoms with Crippen LogP contribution in [-0.2, 0) is 6.54 Å². The maximum atomic E-state index is 11.8. The molecule has 0 saturated heterocycles. The Labute approximate surface area is 191 Å². The molecule has 33 heavy (non-hydrogen) atoms. The third kappa shape index (κ3) is 3.28. The van der Waals surface area contributed by atoms with Gasteiger partial charge in [0.25, 0.3) is 5.89 Å². The van der Waals surface area contributed by atoms with Crippen molar-refractivity contribution >= 4 is 28.5 Å². The number of aryl methyl sites for hydroxylation is 1. The summed E-state index contributed by atoms with van der Waals surface area (Å²) in [6.45, 7) is 2.35. The lowest BCUT2D eigenvalue weighted by atomic mass is 9.81. The number of fused-ring (bicyclic) bond motifs is 5. The maximum absolute atomic E-state index is 11.8. The van der Waals surface area contributed by atoms with Crippen molar-refractivity contribution in [3.8, 4) is 11.3 Å². The Balaban J connectivity index is 1.67. The van der Waals surface area contributed by atoms with Gasteiger partial charge >= 0.3 is 5.97 Å². The molecular weight excluding hydrogens is 414 g/mol. The van der Waals surface area contributed by atoms with Gasteiger partial charge in [-0.1, -0.05) is 54.8 Å². The van der Waals surface area contributed by atoms with Crippen LogP contribution >= 0.6 is 0 Å². The van der Waals surface area contributed by atoms with Gasteiger partial charge < -0.3 is 14.2 Å². The van der Waals surface area contributed by atoms with Gasteiger partial charge in [0.1, 0.15) is 0 Å². The molecule has 6 rings (SSSR count). The van der Waals surface area contributed by atoms with E-state index in [1.54, 1.807) is 6.07 Å². The number of hydrogen-bond donors (Lipinski definition) is 1. The molecule has 0 spiro atoms. The summed E-state index contributed by atoms with van der Waals surface area (Å²) in [7, 11) is 0.